The van der Waals surface area contributed by atoms with Gasteiger partial charge in [0.05, 0.1) is 11.8 Å². The molecule has 182 valence electrons. The Balaban J connectivity index is 1.51. The lowest BCUT2D eigenvalue weighted by atomic mass is 9.63. The van der Waals surface area contributed by atoms with E-state index in [9.17, 15) is 4.79 Å². The highest BCUT2D eigenvalue weighted by Crippen LogP contribution is 2.53. The summed E-state index contributed by atoms with van der Waals surface area (Å²) in [6.45, 7) is 6.67. The van der Waals surface area contributed by atoms with Crippen LogP contribution in [0.5, 0.6) is 0 Å². The summed E-state index contributed by atoms with van der Waals surface area (Å²) in [4.78, 5) is 14.9. The SMILES string of the molecule is Cc1cc(C)c2c(C)cc3c4c2c1C(c1ccc2ccccc2c1)C(=O)C4c1ccc2ccccc2c1C3. The average Bonchev–Trinajstić information content (AvgIpc) is 2.92. The van der Waals surface area contributed by atoms with Gasteiger partial charge in [-0.1, -0.05) is 91.0 Å². The van der Waals surface area contributed by atoms with E-state index in [0.29, 0.717) is 5.78 Å². The quantitative estimate of drug-likeness (QED) is 0.226. The van der Waals surface area contributed by atoms with Gasteiger partial charge in [0.2, 0.25) is 0 Å². The zero-order valence-electron chi connectivity index (χ0n) is 21.9. The smallest absolute Gasteiger partial charge is 0.156 e. The van der Waals surface area contributed by atoms with E-state index in [0.717, 1.165) is 12.0 Å². The Bertz CT molecular complexity index is 1990. The second kappa shape index (κ2) is 7.65. The highest BCUT2D eigenvalue weighted by atomic mass is 16.1. The summed E-state index contributed by atoms with van der Waals surface area (Å²) in [5.74, 6) is -0.221. The van der Waals surface area contributed by atoms with Gasteiger partial charge in [0, 0.05) is 0 Å². The minimum Gasteiger partial charge on any atom is -0.298 e. The highest BCUT2D eigenvalue weighted by molar-refractivity contribution is 6.12. The Morgan fingerprint density at radius 1 is 0.605 bits per heavy atom. The van der Waals surface area contributed by atoms with Gasteiger partial charge in [0.15, 0.2) is 5.78 Å². The van der Waals surface area contributed by atoms with Crippen molar-refractivity contribution in [3.63, 3.8) is 0 Å². The summed E-state index contributed by atoms with van der Waals surface area (Å²) in [6.07, 6.45) is 0.875. The predicted molar refractivity (Wildman–Crippen MR) is 158 cm³/mol. The lowest BCUT2D eigenvalue weighted by Crippen LogP contribution is -2.32. The molecule has 0 amide bonds. The van der Waals surface area contributed by atoms with Gasteiger partial charge < -0.3 is 0 Å². The van der Waals surface area contributed by atoms with Gasteiger partial charge in [0.25, 0.3) is 0 Å². The summed E-state index contributed by atoms with van der Waals surface area (Å²) in [5, 5.41) is 7.57. The Hall–Kier alpha value is -4.23. The first-order chi connectivity index (χ1) is 18.5. The lowest BCUT2D eigenvalue weighted by Gasteiger charge is -2.39. The van der Waals surface area contributed by atoms with Crippen LogP contribution in [0.15, 0.2) is 91.0 Å². The molecule has 0 spiro atoms. The zero-order valence-corrected chi connectivity index (χ0v) is 21.9. The Kier molecular flexibility index (Phi) is 4.39. The van der Waals surface area contributed by atoms with E-state index >= 15 is 0 Å². The number of benzene rings is 6. The molecule has 0 radical (unpaired) electrons. The Morgan fingerprint density at radius 3 is 2.16 bits per heavy atom. The Morgan fingerprint density at radius 2 is 1.32 bits per heavy atom. The second-order valence-corrected chi connectivity index (χ2v) is 11.3. The third-order valence-corrected chi connectivity index (χ3v) is 9.18. The normalized spacial score (nSPS) is 17.8. The molecule has 8 rings (SSSR count). The van der Waals surface area contributed by atoms with Crippen molar-refractivity contribution < 1.29 is 4.79 Å². The molecule has 1 nitrogen and oxygen atoms in total. The van der Waals surface area contributed by atoms with Gasteiger partial charge >= 0.3 is 0 Å². The van der Waals surface area contributed by atoms with E-state index in [1.807, 2.05) is 0 Å². The van der Waals surface area contributed by atoms with Crippen LogP contribution in [0.4, 0.5) is 0 Å². The molecule has 0 bridgehead atoms. The monoisotopic (exact) mass is 488 g/mol. The molecule has 2 atom stereocenters. The number of ketones is 1. The van der Waals surface area contributed by atoms with Crippen LogP contribution in [-0.2, 0) is 11.2 Å². The number of fused-ring (bicyclic) bond motifs is 5. The van der Waals surface area contributed by atoms with E-state index in [1.54, 1.807) is 0 Å². The first kappa shape index (κ1) is 21.8. The third-order valence-electron chi connectivity index (χ3n) is 9.18. The number of carbonyl (C=O) groups is 1. The van der Waals surface area contributed by atoms with Crippen molar-refractivity contribution >= 4 is 38.1 Å². The molecular weight excluding hydrogens is 460 g/mol. The van der Waals surface area contributed by atoms with Crippen LogP contribution < -0.4 is 0 Å². The maximum Gasteiger partial charge on any atom is 0.156 e. The predicted octanol–water partition coefficient (Wildman–Crippen LogP) is 8.82. The minimum atomic E-state index is -0.285. The van der Waals surface area contributed by atoms with Crippen LogP contribution in [0.2, 0.25) is 0 Å². The van der Waals surface area contributed by atoms with Gasteiger partial charge in [-0.3, -0.25) is 4.79 Å². The average molecular weight is 489 g/mol. The maximum absolute atomic E-state index is 14.9. The van der Waals surface area contributed by atoms with Gasteiger partial charge in [0.1, 0.15) is 0 Å². The van der Waals surface area contributed by atoms with Crippen molar-refractivity contribution in [2.75, 3.05) is 0 Å². The van der Waals surface area contributed by atoms with E-state index in [4.69, 9.17) is 0 Å². The molecule has 6 aromatic carbocycles. The molecule has 0 aromatic heterocycles. The fourth-order valence-corrected chi connectivity index (χ4v) is 7.70. The number of Topliss-reactive ketones (excluding diaryl/α,β-unsaturated/α-hetero) is 1. The number of hydrogen-bond acceptors (Lipinski definition) is 1. The summed E-state index contributed by atoms with van der Waals surface area (Å²) in [5.41, 5.74) is 11.2. The highest BCUT2D eigenvalue weighted by Gasteiger charge is 2.43. The number of aryl methyl sites for hydroxylation is 3. The van der Waals surface area contributed by atoms with Crippen molar-refractivity contribution in [1.82, 2.24) is 0 Å². The van der Waals surface area contributed by atoms with Crippen LogP contribution >= 0.6 is 0 Å². The fraction of sp³-hybridized carbons (Fsp3) is 0.162. The van der Waals surface area contributed by atoms with Crippen LogP contribution in [0.1, 0.15) is 61.9 Å². The standard InChI is InChI=1S/C37H28O/c1-20-16-21(2)32-34(26-13-12-23-8-4-5-10-25(23)18-26)37(38)35-29-15-14-24-9-6-7-11-28(24)30(29)19-27-17-22(3)31(20)36(32)33(27)35/h4-18,34-35H,19H2,1-3H3. The number of hydrogen-bond donors (Lipinski definition) is 0. The Labute approximate surface area is 222 Å². The molecule has 0 aliphatic heterocycles. The molecule has 6 aromatic rings. The van der Waals surface area contributed by atoms with Crippen molar-refractivity contribution in [3.05, 3.63) is 141 Å². The molecule has 0 saturated carbocycles. The molecule has 2 aliphatic carbocycles. The van der Waals surface area contributed by atoms with E-state index < -0.39 is 0 Å². The second-order valence-electron chi connectivity index (χ2n) is 11.3. The topological polar surface area (TPSA) is 17.1 Å². The lowest BCUT2D eigenvalue weighted by molar-refractivity contribution is -0.120. The zero-order chi connectivity index (χ0) is 25.7. The summed E-state index contributed by atoms with van der Waals surface area (Å²) < 4.78 is 0. The van der Waals surface area contributed by atoms with Crippen molar-refractivity contribution in [1.29, 1.82) is 0 Å². The minimum absolute atomic E-state index is 0.244. The largest absolute Gasteiger partial charge is 0.298 e. The van der Waals surface area contributed by atoms with E-state index in [-0.39, 0.29) is 11.8 Å². The molecule has 1 heteroatoms. The molecule has 0 heterocycles. The molecule has 38 heavy (non-hydrogen) atoms. The first-order valence-corrected chi connectivity index (χ1v) is 13.6. The summed E-state index contributed by atoms with van der Waals surface area (Å²) >= 11 is 0. The molecular formula is C37H28O. The number of carbonyl (C=O) groups excluding carboxylic acids is 1. The fourth-order valence-electron chi connectivity index (χ4n) is 7.70. The molecule has 2 unspecified atom stereocenters. The van der Waals surface area contributed by atoms with E-state index in [1.165, 1.54) is 76.8 Å². The molecule has 0 N–H and O–H groups in total. The molecule has 0 saturated heterocycles. The van der Waals surface area contributed by atoms with Crippen molar-refractivity contribution in [2.45, 2.75) is 39.0 Å². The molecule has 0 fully saturated rings. The van der Waals surface area contributed by atoms with E-state index in [2.05, 4.69) is 112 Å². The summed E-state index contributed by atoms with van der Waals surface area (Å²) in [7, 11) is 0. The number of rotatable bonds is 1. The maximum atomic E-state index is 14.9. The summed E-state index contributed by atoms with van der Waals surface area (Å²) in [6, 6.07) is 32.8. The molecule has 2 aliphatic rings. The van der Waals surface area contributed by atoms with Gasteiger partial charge in [-0.15, -0.1) is 0 Å². The van der Waals surface area contributed by atoms with Crippen LogP contribution in [0.25, 0.3) is 32.3 Å². The van der Waals surface area contributed by atoms with Crippen molar-refractivity contribution in [3.8, 4) is 0 Å². The van der Waals surface area contributed by atoms with Crippen molar-refractivity contribution in [2.24, 2.45) is 0 Å². The van der Waals surface area contributed by atoms with Gasteiger partial charge in [-0.25, -0.2) is 0 Å². The third kappa shape index (κ3) is 2.79. The van der Waals surface area contributed by atoms with Crippen LogP contribution in [0.3, 0.4) is 0 Å². The van der Waals surface area contributed by atoms with Gasteiger partial charge in [-0.2, -0.15) is 0 Å². The van der Waals surface area contributed by atoms with Gasteiger partial charge in [-0.05, 0) is 110 Å². The van der Waals surface area contributed by atoms with Crippen LogP contribution in [-0.4, -0.2) is 5.78 Å². The first-order valence-electron chi connectivity index (χ1n) is 13.6. The van der Waals surface area contributed by atoms with Crippen LogP contribution in [0, 0.1) is 20.8 Å².